The number of aromatic nitrogens is 1. The minimum atomic E-state index is -0.444. The highest BCUT2D eigenvalue weighted by molar-refractivity contribution is 9.10. The Morgan fingerprint density at radius 1 is 1.19 bits per heavy atom. The maximum absolute atomic E-state index is 12.2. The number of aryl methyl sites for hydroxylation is 1. The first kappa shape index (κ1) is 13.9. The molecule has 2 heterocycles. The summed E-state index contributed by atoms with van der Waals surface area (Å²) in [5.74, 6) is -0.871. The van der Waals surface area contributed by atoms with Crippen molar-refractivity contribution in [1.29, 1.82) is 0 Å². The Labute approximate surface area is 130 Å². The number of carbonyl (C=O) groups excluding carboxylic acids is 2. The molecule has 2 aromatic rings. The van der Waals surface area contributed by atoms with Crippen LogP contribution in [0.1, 0.15) is 21.5 Å². The largest absolute Gasteiger partial charge is 0.304 e. The van der Waals surface area contributed by atoms with Gasteiger partial charge in [0.2, 0.25) is 0 Å². The Hall–Kier alpha value is -2.01. The van der Waals surface area contributed by atoms with Crippen LogP contribution in [0.4, 0.5) is 5.69 Å². The summed E-state index contributed by atoms with van der Waals surface area (Å²) in [5.41, 5.74) is 3.24. The van der Waals surface area contributed by atoms with Crippen molar-refractivity contribution in [2.24, 2.45) is 0 Å². The summed E-state index contributed by atoms with van der Waals surface area (Å²) in [6.45, 7) is 2.40. The fourth-order valence-corrected chi connectivity index (χ4v) is 3.18. The SMILES string of the molecule is Cc1cc(Br)cc2c1N(CCc1ccncc1)C(=O)C2=O. The number of hydrogen-bond donors (Lipinski definition) is 0. The lowest BCUT2D eigenvalue weighted by Crippen LogP contribution is -2.32. The number of pyridine rings is 1. The van der Waals surface area contributed by atoms with E-state index in [2.05, 4.69) is 20.9 Å². The zero-order valence-corrected chi connectivity index (χ0v) is 13.1. The van der Waals surface area contributed by atoms with Crippen LogP contribution in [0.3, 0.4) is 0 Å². The normalized spacial score (nSPS) is 13.7. The Morgan fingerprint density at radius 2 is 1.90 bits per heavy atom. The van der Waals surface area contributed by atoms with Crippen LogP contribution in [0.5, 0.6) is 0 Å². The standard InChI is InChI=1S/C16H13BrN2O2/c1-10-8-12(17)9-13-14(10)19(16(21)15(13)20)7-4-11-2-5-18-6-3-11/h2-3,5-6,8-9H,4,7H2,1H3. The van der Waals surface area contributed by atoms with Gasteiger partial charge in [0.05, 0.1) is 11.3 Å². The molecule has 0 radical (unpaired) electrons. The Bertz CT molecular complexity index is 729. The number of rotatable bonds is 3. The summed E-state index contributed by atoms with van der Waals surface area (Å²) in [5, 5.41) is 0. The van der Waals surface area contributed by atoms with E-state index in [4.69, 9.17) is 0 Å². The molecule has 0 saturated carbocycles. The van der Waals surface area contributed by atoms with Gasteiger partial charge in [-0.3, -0.25) is 14.6 Å². The lowest BCUT2D eigenvalue weighted by molar-refractivity contribution is -0.114. The van der Waals surface area contributed by atoms with Crippen LogP contribution in [0, 0.1) is 6.92 Å². The van der Waals surface area contributed by atoms with Crippen molar-refractivity contribution < 1.29 is 9.59 Å². The Morgan fingerprint density at radius 3 is 2.62 bits per heavy atom. The van der Waals surface area contributed by atoms with Crippen molar-refractivity contribution in [3.05, 3.63) is 57.8 Å². The molecule has 1 aliphatic heterocycles. The smallest absolute Gasteiger partial charge is 0.299 e. The minimum Gasteiger partial charge on any atom is -0.304 e. The van der Waals surface area contributed by atoms with E-state index >= 15 is 0 Å². The second-order valence-corrected chi connectivity index (χ2v) is 5.93. The van der Waals surface area contributed by atoms with Crippen LogP contribution < -0.4 is 4.90 Å². The number of Topliss-reactive ketones (excluding diaryl/α,β-unsaturated/α-hetero) is 1. The van der Waals surface area contributed by atoms with Gasteiger partial charge in [-0.25, -0.2) is 0 Å². The number of fused-ring (bicyclic) bond motifs is 1. The van der Waals surface area contributed by atoms with E-state index in [1.165, 1.54) is 0 Å². The van der Waals surface area contributed by atoms with Gasteiger partial charge in [-0.15, -0.1) is 0 Å². The molecule has 0 fully saturated rings. The highest BCUT2D eigenvalue weighted by atomic mass is 79.9. The molecule has 1 aliphatic rings. The number of benzene rings is 1. The van der Waals surface area contributed by atoms with E-state index in [0.717, 1.165) is 21.3 Å². The molecule has 1 aromatic heterocycles. The summed E-state index contributed by atoms with van der Waals surface area (Å²) in [6, 6.07) is 7.47. The Kier molecular flexibility index (Phi) is 3.59. The van der Waals surface area contributed by atoms with Crippen molar-refractivity contribution >= 4 is 33.3 Å². The first-order chi connectivity index (χ1) is 10.1. The van der Waals surface area contributed by atoms with Gasteiger partial charge in [0.1, 0.15) is 0 Å². The molecular formula is C16H13BrN2O2. The summed E-state index contributed by atoms with van der Waals surface area (Å²) in [4.78, 5) is 29.9. The van der Waals surface area contributed by atoms with Gasteiger partial charge < -0.3 is 4.90 Å². The quantitative estimate of drug-likeness (QED) is 0.804. The molecule has 0 saturated heterocycles. The highest BCUT2D eigenvalue weighted by Gasteiger charge is 2.36. The van der Waals surface area contributed by atoms with Gasteiger partial charge in [-0.05, 0) is 48.7 Å². The second kappa shape index (κ2) is 5.41. The fraction of sp³-hybridized carbons (Fsp3) is 0.188. The molecule has 0 bridgehead atoms. The van der Waals surface area contributed by atoms with E-state index < -0.39 is 11.7 Å². The van der Waals surface area contributed by atoms with Crippen molar-refractivity contribution in [1.82, 2.24) is 4.98 Å². The number of nitrogens with zero attached hydrogens (tertiary/aromatic N) is 2. The lowest BCUT2D eigenvalue weighted by atomic mass is 10.1. The third-order valence-electron chi connectivity index (χ3n) is 3.59. The molecule has 3 rings (SSSR count). The second-order valence-electron chi connectivity index (χ2n) is 5.01. The average molecular weight is 345 g/mol. The third kappa shape index (κ3) is 2.49. The van der Waals surface area contributed by atoms with Gasteiger partial charge in [-0.2, -0.15) is 0 Å². The van der Waals surface area contributed by atoms with E-state index in [-0.39, 0.29) is 0 Å². The lowest BCUT2D eigenvalue weighted by Gasteiger charge is -2.18. The molecule has 4 nitrogen and oxygen atoms in total. The molecule has 0 atom stereocenters. The van der Waals surface area contributed by atoms with Crippen LogP contribution in [0.2, 0.25) is 0 Å². The number of ketones is 1. The van der Waals surface area contributed by atoms with Gasteiger partial charge >= 0.3 is 0 Å². The van der Waals surface area contributed by atoms with Gasteiger partial charge in [0, 0.05) is 23.4 Å². The number of amides is 1. The minimum absolute atomic E-state index is 0.427. The third-order valence-corrected chi connectivity index (χ3v) is 4.05. The molecule has 1 amide bonds. The summed E-state index contributed by atoms with van der Waals surface area (Å²) < 4.78 is 0.816. The van der Waals surface area contributed by atoms with Gasteiger partial charge in [0.25, 0.3) is 11.7 Å². The maximum atomic E-state index is 12.2. The van der Waals surface area contributed by atoms with Crippen molar-refractivity contribution in [2.45, 2.75) is 13.3 Å². The van der Waals surface area contributed by atoms with Gasteiger partial charge in [0.15, 0.2) is 0 Å². The molecule has 0 spiro atoms. The molecule has 21 heavy (non-hydrogen) atoms. The van der Waals surface area contributed by atoms with Crippen molar-refractivity contribution in [3.63, 3.8) is 0 Å². The van der Waals surface area contributed by atoms with E-state index in [9.17, 15) is 9.59 Å². The van der Waals surface area contributed by atoms with Crippen LogP contribution in [-0.4, -0.2) is 23.2 Å². The number of halogens is 1. The first-order valence-corrected chi connectivity index (χ1v) is 7.42. The topological polar surface area (TPSA) is 50.3 Å². The predicted molar refractivity (Wildman–Crippen MR) is 83.5 cm³/mol. The zero-order valence-electron chi connectivity index (χ0n) is 11.5. The summed E-state index contributed by atoms with van der Waals surface area (Å²) >= 11 is 3.37. The summed E-state index contributed by atoms with van der Waals surface area (Å²) in [7, 11) is 0. The molecule has 5 heteroatoms. The van der Waals surface area contributed by atoms with Crippen LogP contribution >= 0.6 is 15.9 Å². The fourth-order valence-electron chi connectivity index (χ4n) is 2.61. The summed E-state index contributed by atoms with van der Waals surface area (Å²) in [6.07, 6.45) is 4.14. The zero-order chi connectivity index (χ0) is 15.0. The van der Waals surface area contributed by atoms with Gasteiger partial charge in [-0.1, -0.05) is 15.9 Å². The average Bonchev–Trinajstić information content (AvgIpc) is 2.71. The van der Waals surface area contributed by atoms with E-state index in [0.29, 0.717) is 18.5 Å². The van der Waals surface area contributed by atoms with Crippen molar-refractivity contribution in [2.75, 3.05) is 11.4 Å². The number of carbonyl (C=O) groups is 2. The molecule has 0 unspecified atom stereocenters. The molecule has 106 valence electrons. The maximum Gasteiger partial charge on any atom is 0.299 e. The molecular weight excluding hydrogens is 332 g/mol. The monoisotopic (exact) mass is 344 g/mol. The van der Waals surface area contributed by atoms with Crippen LogP contribution in [0.25, 0.3) is 0 Å². The molecule has 1 aromatic carbocycles. The van der Waals surface area contributed by atoms with Crippen molar-refractivity contribution in [3.8, 4) is 0 Å². The first-order valence-electron chi connectivity index (χ1n) is 6.63. The highest BCUT2D eigenvalue weighted by Crippen LogP contribution is 2.35. The van der Waals surface area contributed by atoms with Crippen LogP contribution in [0.15, 0.2) is 41.1 Å². The van der Waals surface area contributed by atoms with E-state index in [1.807, 2.05) is 25.1 Å². The number of anilines is 1. The van der Waals surface area contributed by atoms with E-state index in [1.54, 1.807) is 23.4 Å². The Balaban J connectivity index is 1.91. The number of hydrogen-bond acceptors (Lipinski definition) is 3. The molecule has 0 N–H and O–H groups in total. The molecule has 0 aliphatic carbocycles. The van der Waals surface area contributed by atoms with Crippen LogP contribution in [-0.2, 0) is 11.2 Å². The predicted octanol–water partition coefficient (Wildman–Crippen LogP) is 2.92.